The van der Waals surface area contributed by atoms with Crippen molar-refractivity contribution in [2.45, 2.75) is 89.8 Å². The van der Waals surface area contributed by atoms with E-state index >= 15 is 0 Å². The predicted octanol–water partition coefficient (Wildman–Crippen LogP) is 4.84. The lowest BCUT2D eigenvalue weighted by Crippen LogP contribution is -2.54. The normalized spacial score (nSPS) is 25.6. The summed E-state index contributed by atoms with van der Waals surface area (Å²) < 4.78 is 23.4. The number of ether oxygens (including phenoxy) is 4. The molecule has 3 atom stereocenters. The number of cyclic esters (lactones) is 1. The van der Waals surface area contributed by atoms with Gasteiger partial charge in [0.25, 0.3) is 0 Å². The first-order chi connectivity index (χ1) is 20.2. The van der Waals surface area contributed by atoms with Crippen LogP contribution in [0.3, 0.4) is 0 Å². The topological polar surface area (TPSA) is 116 Å². The number of carbonyl (C=O) groups is 3. The molecule has 2 aromatic rings. The summed E-state index contributed by atoms with van der Waals surface area (Å²) in [5, 5.41) is 3.72. The summed E-state index contributed by atoms with van der Waals surface area (Å²) in [6.07, 6.45) is 7.35. The lowest BCUT2D eigenvalue weighted by atomic mass is 9.83. The van der Waals surface area contributed by atoms with Crippen molar-refractivity contribution in [1.29, 1.82) is 0 Å². The number of nitrogens with zero attached hydrogens (tertiary/aromatic N) is 2. The first-order valence-corrected chi connectivity index (χ1v) is 15.1. The maximum absolute atomic E-state index is 14.0. The molecule has 3 aliphatic rings. The lowest BCUT2D eigenvalue weighted by Gasteiger charge is -2.34. The summed E-state index contributed by atoms with van der Waals surface area (Å²) in [6.45, 7) is 4.59. The highest BCUT2D eigenvalue weighted by Crippen LogP contribution is 2.37. The van der Waals surface area contributed by atoms with Gasteiger partial charge in [0.1, 0.15) is 29.9 Å². The molecule has 2 fully saturated rings. The van der Waals surface area contributed by atoms with Crippen LogP contribution in [0, 0.1) is 11.3 Å². The molecular formula is C32H43N3O7. The van der Waals surface area contributed by atoms with E-state index in [0.29, 0.717) is 23.6 Å². The highest BCUT2D eigenvalue weighted by molar-refractivity contribution is 5.89. The summed E-state index contributed by atoms with van der Waals surface area (Å²) >= 11 is 0. The number of benzene rings is 1. The highest BCUT2D eigenvalue weighted by atomic mass is 16.5. The van der Waals surface area contributed by atoms with Crippen LogP contribution in [0.25, 0.3) is 10.9 Å². The van der Waals surface area contributed by atoms with E-state index in [4.69, 9.17) is 18.9 Å². The Labute approximate surface area is 247 Å². The van der Waals surface area contributed by atoms with E-state index in [9.17, 15) is 14.4 Å². The second kappa shape index (κ2) is 12.8. The maximum atomic E-state index is 14.0. The van der Waals surface area contributed by atoms with Crippen molar-refractivity contribution in [2.75, 3.05) is 27.4 Å². The fourth-order valence-electron chi connectivity index (χ4n) is 6.59. The van der Waals surface area contributed by atoms with E-state index in [1.165, 1.54) is 0 Å². The first kappa shape index (κ1) is 29.9. The summed E-state index contributed by atoms with van der Waals surface area (Å²) in [6, 6.07) is 4.29. The van der Waals surface area contributed by atoms with Crippen LogP contribution < -0.4 is 19.5 Å². The molecule has 10 nitrogen and oxygen atoms in total. The number of hydrogen-bond acceptors (Lipinski definition) is 8. The van der Waals surface area contributed by atoms with Crippen molar-refractivity contribution in [1.82, 2.24) is 15.2 Å². The van der Waals surface area contributed by atoms with Gasteiger partial charge < -0.3 is 34.0 Å². The molecule has 10 heteroatoms. The third-order valence-electron chi connectivity index (χ3n) is 8.95. The largest absolute Gasteiger partial charge is 0.496 e. The monoisotopic (exact) mass is 581 g/mol. The van der Waals surface area contributed by atoms with Crippen molar-refractivity contribution in [3.8, 4) is 17.4 Å². The van der Waals surface area contributed by atoms with Crippen LogP contribution in [0.15, 0.2) is 18.2 Å². The number of carbonyl (C=O) groups excluding carboxylic acids is 3. The average Bonchev–Trinajstić information content (AvgIpc) is 3.41. The predicted molar refractivity (Wildman–Crippen MR) is 157 cm³/mol. The SMILES string of the molecule is COc1cc2c3cc(c(OC)cc3n1)CCCC(C)(C)COC(=O)N[C@@H](C1CCCCC1)C(=O)N1C[C@@H](C[C@H]1C=O)O2. The van der Waals surface area contributed by atoms with Crippen LogP contribution >= 0.6 is 0 Å². The first-order valence-electron chi connectivity index (χ1n) is 15.1. The molecule has 2 aliphatic heterocycles. The van der Waals surface area contributed by atoms with Gasteiger partial charge in [-0.15, -0.1) is 0 Å². The number of amides is 2. The van der Waals surface area contributed by atoms with E-state index in [2.05, 4.69) is 24.1 Å². The van der Waals surface area contributed by atoms with Gasteiger partial charge in [0.05, 0.1) is 38.9 Å². The quantitative estimate of drug-likeness (QED) is 0.510. The van der Waals surface area contributed by atoms with Gasteiger partial charge in [0.15, 0.2) is 0 Å². The number of aromatic nitrogens is 1. The Balaban J connectivity index is 1.53. The standard InChI is InChI=1S/C32H43N3O7/c1-32(2)12-8-11-21-13-24-25(15-26(21)39-3)33-28(40-4)16-27(24)42-23-14-22(18-36)35(17-23)30(37)29(34-31(38)41-19-32)20-9-6-5-7-10-20/h13,15-16,18,20,22-23,29H,5-12,14,17,19H2,1-4H3,(H,34,38)/t22-,23+,29-/m0/s1. The molecule has 0 radical (unpaired) electrons. The Hall–Kier alpha value is -3.56. The van der Waals surface area contributed by atoms with Crippen LogP contribution in [0.2, 0.25) is 0 Å². The van der Waals surface area contributed by atoms with Crippen molar-refractivity contribution >= 4 is 29.2 Å². The molecule has 2 amide bonds. The van der Waals surface area contributed by atoms with Gasteiger partial charge in [0, 0.05) is 23.9 Å². The van der Waals surface area contributed by atoms with Crippen LogP contribution in [-0.4, -0.2) is 73.7 Å². The number of nitrogens with one attached hydrogen (secondary N) is 1. The summed E-state index contributed by atoms with van der Waals surface area (Å²) in [7, 11) is 3.19. The molecule has 1 saturated heterocycles. The molecule has 1 saturated carbocycles. The van der Waals surface area contributed by atoms with Gasteiger partial charge in [-0.1, -0.05) is 33.1 Å². The van der Waals surface area contributed by atoms with Crippen molar-refractivity contribution < 1.29 is 33.3 Å². The third-order valence-corrected chi connectivity index (χ3v) is 8.95. The molecule has 3 heterocycles. The van der Waals surface area contributed by atoms with Crippen LogP contribution in [-0.2, 0) is 20.7 Å². The number of aryl methyl sites for hydroxylation is 1. The third kappa shape index (κ3) is 6.57. The highest BCUT2D eigenvalue weighted by Gasteiger charge is 2.42. The molecule has 4 bridgehead atoms. The minimum absolute atomic E-state index is 0.00789. The number of methoxy groups -OCH3 is 2. The Kier molecular flexibility index (Phi) is 9.08. The van der Waals surface area contributed by atoms with Gasteiger partial charge in [-0.2, -0.15) is 0 Å². The fraction of sp³-hybridized carbons (Fsp3) is 0.625. The molecule has 1 aliphatic carbocycles. The Bertz CT molecular complexity index is 1310. The number of pyridine rings is 1. The smallest absolute Gasteiger partial charge is 0.407 e. The van der Waals surface area contributed by atoms with Gasteiger partial charge in [-0.25, -0.2) is 9.78 Å². The van der Waals surface area contributed by atoms with Crippen LogP contribution in [0.4, 0.5) is 4.79 Å². The molecule has 0 spiro atoms. The minimum Gasteiger partial charge on any atom is -0.496 e. The summed E-state index contributed by atoms with van der Waals surface area (Å²) in [5.74, 6) is 1.44. The molecule has 228 valence electrons. The zero-order valence-corrected chi connectivity index (χ0v) is 25.1. The number of aldehydes is 1. The van der Waals surface area contributed by atoms with E-state index < -0.39 is 24.3 Å². The van der Waals surface area contributed by atoms with Crippen LogP contribution in [0.1, 0.15) is 70.8 Å². The molecule has 1 aromatic heterocycles. The minimum atomic E-state index is -0.752. The molecule has 1 aromatic carbocycles. The van der Waals surface area contributed by atoms with Crippen molar-refractivity contribution in [3.05, 3.63) is 23.8 Å². The second-order valence-corrected chi connectivity index (χ2v) is 12.6. The molecule has 0 unspecified atom stereocenters. The van der Waals surface area contributed by atoms with E-state index in [0.717, 1.165) is 74.4 Å². The summed E-state index contributed by atoms with van der Waals surface area (Å²) in [4.78, 5) is 45.5. The number of hydrogen-bond donors (Lipinski definition) is 1. The Morgan fingerprint density at radius 3 is 2.57 bits per heavy atom. The number of fused-ring (bicyclic) bond motifs is 3. The average molecular weight is 582 g/mol. The summed E-state index contributed by atoms with van der Waals surface area (Å²) in [5.41, 5.74) is 1.42. The van der Waals surface area contributed by atoms with Crippen LogP contribution in [0.5, 0.6) is 17.4 Å². The molecular weight excluding hydrogens is 538 g/mol. The van der Waals surface area contributed by atoms with Gasteiger partial charge in [-0.05, 0) is 55.1 Å². The van der Waals surface area contributed by atoms with E-state index in [1.54, 1.807) is 25.2 Å². The van der Waals surface area contributed by atoms with Gasteiger partial charge in [-0.3, -0.25) is 4.79 Å². The van der Waals surface area contributed by atoms with Gasteiger partial charge >= 0.3 is 6.09 Å². The van der Waals surface area contributed by atoms with Crippen molar-refractivity contribution in [3.63, 3.8) is 0 Å². The zero-order chi connectivity index (χ0) is 29.9. The van der Waals surface area contributed by atoms with Crippen molar-refractivity contribution in [2.24, 2.45) is 11.3 Å². The van der Waals surface area contributed by atoms with Gasteiger partial charge in [0.2, 0.25) is 11.8 Å². The maximum Gasteiger partial charge on any atom is 0.407 e. The number of rotatable bonds is 4. The fourth-order valence-corrected chi connectivity index (χ4v) is 6.59. The van der Waals surface area contributed by atoms with E-state index in [-0.39, 0.29) is 30.4 Å². The Morgan fingerprint density at radius 1 is 1.07 bits per heavy atom. The molecule has 5 rings (SSSR count). The molecule has 42 heavy (non-hydrogen) atoms. The lowest BCUT2D eigenvalue weighted by molar-refractivity contribution is -0.138. The molecule has 1 N–H and O–H groups in total. The van der Waals surface area contributed by atoms with E-state index in [1.807, 2.05) is 12.1 Å². The number of alkyl carbamates (subject to hydrolysis) is 1. The second-order valence-electron chi connectivity index (χ2n) is 12.6. The Morgan fingerprint density at radius 2 is 1.86 bits per heavy atom. The zero-order valence-electron chi connectivity index (χ0n) is 25.1.